The maximum absolute atomic E-state index is 13.9. The molecule has 0 aliphatic heterocycles. The van der Waals surface area contributed by atoms with Crippen molar-refractivity contribution in [3.8, 4) is 22.4 Å². The highest BCUT2D eigenvalue weighted by atomic mass is 35.5. The number of hydrogen-bond donors (Lipinski definition) is 2. The van der Waals surface area contributed by atoms with Gasteiger partial charge in [0.1, 0.15) is 10.8 Å². The van der Waals surface area contributed by atoms with Gasteiger partial charge in [0.05, 0.1) is 17.6 Å². The molecule has 1 aliphatic carbocycles. The van der Waals surface area contributed by atoms with Crippen LogP contribution >= 0.6 is 11.6 Å². The third-order valence-corrected chi connectivity index (χ3v) is 6.99. The molecular formula is C25H23ClFN5O2. The number of pyridine rings is 1. The lowest BCUT2D eigenvalue weighted by Gasteiger charge is -2.29. The quantitative estimate of drug-likeness (QED) is 0.397. The number of anilines is 1. The first-order valence-electron chi connectivity index (χ1n) is 11.2. The van der Waals surface area contributed by atoms with Gasteiger partial charge in [-0.3, -0.25) is 4.98 Å². The highest BCUT2D eigenvalue weighted by Crippen LogP contribution is 2.41. The molecule has 1 aromatic carbocycles. The Morgan fingerprint density at radius 1 is 1.09 bits per heavy atom. The molecule has 0 amide bonds. The summed E-state index contributed by atoms with van der Waals surface area (Å²) in [6.45, 7) is 0. The van der Waals surface area contributed by atoms with Crippen LogP contribution in [0.15, 0.2) is 54.9 Å². The molecule has 7 nitrogen and oxygen atoms in total. The summed E-state index contributed by atoms with van der Waals surface area (Å²) in [5.41, 5.74) is 11.0. The monoisotopic (exact) mass is 479 g/mol. The van der Waals surface area contributed by atoms with Gasteiger partial charge in [0.25, 0.3) is 0 Å². The summed E-state index contributed by atoms with van der Waals surface area (Å²) < 4.78 is 15.5. The van der Waals surface area contributed by atoms with Gasteiger partial charge in [0.15, 0.2) is 11.8 Å². The Labute approximate surface area is 200 Å². The van der Waals surface area contributed by atoms with Gasteiger partial charge >= 0.3 is 5.97 Å². The van der Waals surface area contributed by atoms with Crippen LogP contribution in [-0.4, -0.2) is 36.8 Å². The Hall–Kier alpha value is -3.52. The number of benzene rings is 1. The number of aliphatic carboxylic acids is 1. The fourth-order valence-electron chi connectivity index (χ4n) is 4.71. The number of carbonyl (C=O) groups is 1. The third kappa shape index (κ3) is 3.98. The van der Waals surface area contributed by atoms with Gasteiger partial charge in [0.2, 0.25) is 0 Å². The second-order valence-electron chi connectivity index (χ2n) is 8.64. The number of nitrogen functional groups attached to an aromatic ring is 1. The van der Waals surface area contributed by atoms with E-state index in [0.29, 0.717) is 42.0 Å². The van der Waals surface area contributed by atoms with Crippen molar-refractivity contribution in [2.75, 3.05) is 5.73 Å². The van der Waals surface area contributed by atoms with E-state index in [-0.39, 0.29) is 11.7 Å². The zero-order valence-corrected chi connectivity index (χ0v) is 19.0. The summed E-state index contributed by atoms with van der Waals surface area (Å²) in [4.78, 5) is 20.4. The summed E-state index contributed by atoms with van der Waals surface area (Å²) in [5.74, 6) is -1.63. The lowest BCUT2D eigenvalue weighted by atomic mass is 9.78. The van der Waals surface area contributed by atoms with Crippen molar-refractivity contribution in [3.05, 3.63) is 65.6 Å². The first-order valence-corrected chi connectivity index (χ1v) is 11.5. The molecule has 0 unspecified atom stereocenters. The minimum Gasteiger partial charge on any atom is -0.479 e. The molecule has 3 N–H and O–H groups in total. The third-order valence-electron chi connectivity index (χ3n) is 6.60. The molecule has 1 saturated carbocycles. The summed E-state index contributed by atoms with van der Waals surface area (Å²) in [6, 6.07) is 13.8. The van der Waals surface area contributed by atoms with E-state index in [9.17, 15) is 9.18 Å². The average molecular weight is 480 g/mol. The largest absolute Gasteiger partial charge is 0.479 e. The van der Waals surface area contributed by atoms with Gasteiger partial charge in [-0.1, -0.05) is 48.0 Å². The topological polar surface area (TPSA) is 106 Å². The molecule has 1 aliphatic rings. The second kappa shape index (κ2) is 9.02. The summed E-state index contributed by atoms with van der Waals surface area (Å²) >= 11 is 6.57. The number of aromatic nitrogens is 4. The standard InChI is InChI=1S/C25H23ClFN5O2/c26-20-22(16-8-6-15(7-9-16)21(27)25(33)34)31-24-18(13-30-32(24)23(20)28)17-10-11-19(29-12-17)14-4-2-1-3-5-14/h1-5,10-13,15-16,21H,6-9,28H2,(H,33,34)/t15-,16-,21-/m0/s1. The van der Waals surface area contributed by atoms with Gasteiger partial charge in [-0.15, -0.1) is 0 Å². The molecule has 5 rings (SSSR count). The number of carboxylic acid groups (broad SMARTS) is 1. The first kappa shape index (κ1) is 22.3. The van der Waals surface area contributed by atoms with Crippen molar-refractivity contribution in [1.82, 2.24) is 19.6 Å². The average Bonchev–Trinajstić information content (AvgIpc) is 3.30. The number of rotatable bonds is 5. The molecule has 3 heterocycles. The fourth-order valence-corrected chi connectivity index (χ4v) is 4.98. The van der Waals surface area contributed by atoms with E-state index in [1.807, 2.05) is 42.5 Å². The van der Waals surface area contributed by atoms with E-state index < -0.39 is 18.1 Å². The number of nitrogens with two attached hydrogens (primary N) is 1. The van der Waals surface area contributed by atoms with Crippen LogP contribution in [-0.2, 0) is 4.79 Å². The molecule has 1 atom stereocenters. The normalized spacial score (nSPS) is 19.2. The number of alkyl halides is 1. The maximum Gasteiger partial charge on any atom is 0.338 e. The van der Waals surface area contributed by atoms with Crippen LogP contribution in [0.5, 0.6) is 0 Å². The second-order valence-corrected chi connectivity index (χ2v) is 9.02. The van der Waals surface area contributed by atoms with Crippen molar-refractivity contribution in [2.45, 2.75) is 37.8 Å². The van der Waals surface area contributed by atoms with Gasteiger partial charge in [-0.2, -0.15) is 9.61 Å². The van der Waals surface area contributed by atoms with Crippen LogP contribution in [0, 0.1) is 5.92 Å². The highest BCUT2D eigenvalue weighted by Gasteiger charge is 2.34. The number of halogens is 2. The van der Waals surface area contributed by atoms with Crippen LogP contribution in [0.3, 0.4) is 0 Å². The SMILES string of the molecule is Nc1c(Cl)c([C@H]2CC[C@H]([C@H](F)C(=O)O)CC2)nc2c(-c3ccc(-c4ccccc4)nc3)cnn12. The van der Waals surface area contributed by atoms with Crippen LogP contribution in [0.4, 0.5) is 10.2 Å². The van der Waals surface area contributed by atoms with E-state index >= 15 is 0 Å². The van der Waals surface area contributed by atoms with Crippen LogP contribution < -0.4 is 5.73 Å². The van der Waals surface area contributed by atoms with E-state index in [1.54, 1.807) is 12.4 Å². The van der Waals surface area contributed by atoms with E-state index in [4.69, 9.17) is 27.4 Å². The lowest BCUT2D eigenvalue weighted by Crippen LogP contribution is -2.28. The molecule has 0 bridgehead atoms. The van der Waals surface area contributed by atoms with Crippen molar-refractivity contribution < 1.29 is 14.3 Å². The Morgan fingerprint density at radius 2 is 1.82 bits per heavy atom. The van der Waals surface area contributed by atoms with Crippen molar-refractivity contribution in [3.63, 3.8) is 0 Å². The molecular weight excluding hydrogens is 457 g/mol. The summed E-state index contributed by atoms with van der Waals surface area (Å²) in [7, 11) is 0. The molecule has 174 valence electrons. The number of nitrogens with zero attached hydrogens (tertiary/aromatic N) is 4. The molecule has 0 radical (unpaired) electrons. The molecule has 0 spiro atoms. The molecule has 3 aromatic heterocycles. The number of carboxylic acids is 1. The first-order chi connectivity index (χ1) is 16.4. The summed E-state index contributed by atoms with van der Waals surface area (Å²) in [6.07, 6.45) is 3.73. The minimum atomic E-state index is -1.84. The molecule has 1 fully saturated rings. The van der Waals surface area contributed by atoms with Gasteiger partial charge in [0, 0.05) is 34.7 Å². The van der Waals surface area contributed by atoms with Gasteiger partial charge in [-0.05, 0) is 31.7 Å². The Kier molecular flexibility index (Phi) is 5.91. The molecule has 4 aromatic rings. The lowest BCUT2D eigenvalue weighted by molar-refractivity contribution is -0.145. The zero-order chi connectivity index (χ0) is 23.8. The van der Waals surface area contributed by atoms with Crippen molar-refractivity contribution >= 4 is 29.0 Å². The predicted molar refractivity (Wildman–Crippen MR) is 128 cm³/mol. The minimum absolute atomic E-state index is 0.0293. The van der Waals surface area contributed by atoms with Crippen LogP contribution in [0.1, 0.15) is 37.3 Å². The predicted octanol–water partition coefficient (Wildman–Crippen LogP) is 5.39. The van der Waals surface area contributed by atoms with E-state index in [1.165, 1.54) is 4.52 Å². The van der Waals surface area contributed by atoms with Gasteiger partial charge < -0.3 is 10.8 Å². The Morgan fingerprint density at radius 3 is 2.47 bits per heavy atom. The van der Waals surface area contributed by atoms with Crippen molar-refractivity contribution in [2.24, 2.45) is 5.92 Å². The van der Waals surface area contributed by atoms with E-state index in [0.717, 1.165) is 22.4 Å². The maximum atomic E-state index is 13.9. The van der Waals surface area contributed by atoms with Crippen LogP contribution in [0.25, 0.3) is 28.0 Å². The van der Waals surface area contributed by atoms with Crippen molar-refractivity contribution in [1.29, 1.82) is 0 Å². The van der Waals surface area contributed by atoms with E-state index in [2.05, 4.69) is 10.1 Å². The zero-order valence-electron chi connectivity index (χ0n) is 18.2. The smallest absolute Gasteiger partial charge is 0.338 e. The highest BCUT2D eigenvalue weighted by molar-refractivity contribution is 6.33. The summed E-state index contributed by atoms with van der Waals surface area (Å²) in [5, 5.41) is 13.7. The molecule has 9 heteroatoms. The number of fused-ring (bicyclic) bond motifs is 1. The van der Waals surface area contributed by atoms with Gasteiger partial charge in [-0.25, -0.2) is 14.2 Å². The molecule has 34 heavy (non-hydrogen) atoms. The fraction of sp³-hybridized carbons (Fsp3) is 0.280. The Balaban J connectivity index is 1.46. The van der Waals surface area contributed by atoms with Crippen LogP contribution in [0.2, 0.25) is 5.02 Å². The molecule has 0 saturated heterocycles. The Bertz CT molecular complexity index is 1340. The number of hydrogen-bond acceptors (Lipinski definition) is 5.